The van der Waals surface area contributed by atoms with Crippen molar-refractivity contribution in [1.82, 2.24) is 15.0 Å². The Hall–Kier alpha value is -2.08. The molecule has 1 aliphatic heterocycles. The Bertz CT molecular complexity index is 821. The number of anilines is 4. The molecule has 2 aromatic heterocycles. The Balaban J connectivity index is 1.63. The smallest absolute Gasteiger partial charge is 0.160 e. The molecule has 2 atom stereocenters. The number of nitrogens with zero attached hydrogens (tertiary/aromatic N) is 4. The molecule has 2 unspecified atom stereocenters. The average molecular weight is 373 g/mol. The normalized spacial score (nSPS) is 26.8. The predicted molar refractivity (Wildman–Crippen MR) is 106 cm³/mol. The zero-order chi connectivity index (χ0) is 18.5. The highest BCUT2D eigenvalue weighted by atomic mass is 35.5. The van der Waals surface area contributed by atoms with Gasteiger partial charge >= 0.3 is 0 Å². The van der Waals surface area contributed by atoms with Crippen LogP contribution in [0.4, 0.5) is 23.1 Å². The van der Waals surface area contributed by atoms with Crippen molar-refractivity contribution in [1.29, 1.82) is 0 Å². The lowest BCUT2D eigenvalue weighted by molar-refractivity contribution is 0.136. The number of hydrogen-bond donors (Lipinski definition) is 2. The number of hydrogen-bond acceptors (Lipinski definition) is 6. The number of halogens is 1. The first-order chi connectivity index (χ1) is 12.2. The van der Waals surface area contributed by atoms with Gasteiger partial charge in [-0.15, -0.1) is 0 Å². The summed E-state index contributed by atoms with van der Waals surface area (Å²) in [7, 11) is 0. The molecule has 1 aliphatic carbocycles. The van der Waals surface area contributed by atoms with Gasteiger partial charge in [0.2, 0.25) is 0 Å². The molecule has 4 rings (SSSR count). The fraction of sp³-hybridized carbons (Fsp3) is 0.526. The maximum atomic E-state index is 6.45. The third kappa shape index (κ3) is 3.18. The van der Waals surface area contributed by atoms with Gasteiger partial charge in [0.1, 0.15) is 17.8 Å². The third-order valence-corrected chi connectivity index (χ3v) is 5.75. The van der Waals surface area contributed by atoms with Crippen LogP contribution in [0.15, 0.2) is 24.7 Å². The van der Waals surface area contributed by atoms with Crippen molar-refractivity contribution in [3.8, 4) is 0 Å². The van der Waals surface area contributed by atoms with Gasteiger partial charge in [-0.2, -0.15) is 0 Å². The van der Waals surface area contributed by atoms with Crippen molar-refractivity contribution in [3.05, 3.63) is 29.7 Å². The molecule has 2 fully saturated rings. The summed E-state index contributed by atoms with van der Waals surface area (Å²) in [5.74, 6) is 2.05. The molecule has 1 saturated carbocycles. The second kappa shape index (κ2) is 5.98. The highest BCUT2D eigenvalue weighted by Gasteiger charge is 2.50. The Labute approximate surface area is 159 Å². The van der Waals surface area contributed by atoms with E-state index in [0.29, 0.717) is 39.2 Å². The number of rotatable bonds is 3. The Morgan fingerprint density at radius 2 is 2.00 bits per heavy atom. The lowest BCUT2D eigenvalue weighted by Crippen LogP contribution is -2.35. The lowest BCUT2D eigenvalue weighted by Gasteiger charge is -2.39. The quantitative estimate of drug-likeness (QED) is 0.838. The largest absolute Gasteiger partial charge is 0.393 e. The summed E-state index contributed by atoms with van der Waals surface area (Å²) in [6.07, 6.45) is 6.75. The highest BCUT2D eigenvalue weighted by molar-refractivity contribution is 6.30. The molecule has 2 bridgehead atoms. The maximum Gasteiger partial charge on any atom is 0.160 e. The standard InChI is InChI=1S/C19H25ClN6/c1-18(2)6-13-7-19(3,9-18)10-26(13)17-15(21)16(23-11-24-17)25-14-5-4-12(20)8-22-14/h4-5,8,11,13H,6-7,9-10,21H2,1-3H3,(H,22,23,24,25). The van der Waals surface area contributed by atoms with Crippen molar-refractivity contribution in [3.63, 3.8) is 0 Å². The van der Waals surface area contributed by atoms with Crippen LogP contribution in [0.5, 0.6) is 0 Å². The Morgan fingerprint density at radius 1 is 1.19 bits per heavy atom. The minimum absolute atomic E-state index is 0.315. The molecule has 3 N–H and O–H groups in total. The molecule has 2 aliphatic rings. The molecular formula is C19H25ClN6. The van der Waals surface area contributed by atoms with Gasteiger partial charge in [0, 0.05) is 18.8 Å². The molecule has 2 aromatic rings. The van der Waals surface area contributed by atoms with Crippen LogP contribution in [-0.2, 0) is 0 Å². The van der Waals surface area contributed by atoms with Gasteiger partial charge < -0.3 is 16.0 Å². The topological polar surface area (TPSA) is 80.0 Å². The summed E-state index contributed by atoms with van der Waals surface area (Å²) in [6, 6.07) is 4.06. The van der Waals surface area contributed by atoms with Crippen molar-refractivity contribution < 1.29 is 0 Å². The monoisotopic (exact) mass is 372 g/mol. The first-order valence-corrected chi connectivity index (χ1v) is 9.38. The molecule has 0 radical (unpaired) electrons. The molecule has 138 valence electrons. The van der Waals surface area contributed by atoms with Crippen LogP contribution >= 0.6 is 11.6 Å². The van der Waals surface area contributed by atoms with Gasteiger partial charge in [0.25, 0.3) is 0 Å². The average Bonchev–Trinajstić information content (AvgIpc) is 2.80. The number of nitrogens with one attached hydrogen (secondary N) is 1. The van der Waals surface area contributed by atoms with E-state index in [-0.39, 0.29) is 0 Å². The van der Waals surface area contributed by atoms with Crippen molar-refractivity contribution in [2.24, 2.45) is 10.8 Å². The predicted octanol–water partition coefficient (Wildman–Crippen LogP) is 4.26. The van der Waals surface area contributed by atoms with Crippen LogP contribution in [-0.4, -0.2) is 27.5 Å². The highest BCUT2D eigenvalue weighted by Crippen LogP contribution is 2.54. The minimum Gasteiger partial charge on any atom is -0.393 e. The second-order valence-corrected chi connectivity index (χ2v) is 9.22. The fourth-order valence-corrected chi connectivity index (χ4v) is 5.11. The van der Waals surface area contributed by atoms with E-state index in [1.807, 2.05) is 0 Å². The number of nitrogens with two attached hydrogens (primary N) is 1. The molecule has 0 amide bonds. The summed E-state index contributed by atoms with van der Waals surface area (Å²) >= 11 is 5.90. The van der Waals surface area contributed by atoms with Crippen LogP contribution in [0.1, 0.15) is 40.0 Å². The zero-order valence-corrected chi connectivity index (χ0v) is 16.2. The van der Waals surface area contributed by atoms with Gasteiger partial charge in [-0.1, -0.05) is 32.4 Å². The van der Waals surface area contributed by atoms with E-state index in [4.69, 9.17) is 17.3 Å². The van der Waals surface area contributed by atoms with E-state index >= 15 is 0 Å². The van der Waals surface area contributed by atoms with Crippen LogP contribution < -0.4 is 16.0 Å². The second-order valence-electron chi connectivity index (χ2n) is 8.79. The maximum absolute atomic E-state index is 6.45. The Morgan fingerprint density at radius 3 is 2.73 bits per heavy atom. The molecule has 0 spiro atoms. The van der Waals surface area contributed by atoms with Crippen LogP contribution in [0.2, 0.25) is 5.02 Å². The minimum atomic E-state index is 0.315. The summed E-state index contributed by atoms with van der Waals surface area (Å²) in [4.78, 5) is 15.5. The van der Waals surface area contributed by atoms with Crippen LogP contribution in [0.25, 0.3) is 0 Å². The van der Waals surface area contributed by atoms with E-state index in [1.165, 1.54) is 12.8 Å². The molecule has 3 heterocycles. The summed E-state index contributed by atoms with van der Waals surface area (Å²) < 4.78 is 0. The van der Waals surface area contributed by atoms with Crippen LogP contribution in [0, 0.1) is 10.8 Å². The molecule has 26 heavy (non-hydrogen) atoms. The first-order valence-electron chi connectivity index (χ1n) is 9.00. The summed E-state index contributed by atoms with van der Waals surface area (Å²) in [5, 5.41) is 3.77. The van der Waals surface area contributed by atoms with Gasteiger partial charge in [-0.05, 0) is 42.2 Å². The number of aromatic nitrogens is 3. The lowest BCUT2D eigenvalue weighted by atomic mass is 9.65. The zero-order valence-electron chi connectivity index (χ0n) is 15.5. The van der Waals surface area contributed by atoms with E-state index in [2.05, 4.69) is 45.9 Å². The summed E-state index contributed by atoms with van der Waals surface area (Å²) in [6.45, 7) is 8.10. The number of fused-ring (bicyclic) bond motifs is 2. The fourth-order valence-electron chi connectivity index (χ4n) is 4.99. The van der Waals surface area contributed by atoms with Gasteiger partial charge in [0.15, 0.2) is 11.6 Å². The number of pyridine rings is 1. The molecule has 7 heteroatoms. The van der Waals surface area contributed by atoms with Gasteiger partial charge in [-0.3, -0.25) is 0 Å². The van der Waals surface area contributed by atoms with Crippen molar-refractivity contribution in [2.45, 2.75) is 46.1 Å². The summed E-state index contributed by atoms with van der Waals surface area (Å²) in [5.41, 5.74) is 7.68. The first kappa shape index (κ1) is 17.3. The van der Waals surface area contributed by atoms with E-state index in [9.17, 15) is 0 Å². The SMILES string of the molecule is CC1(C)CC2CC(C)(CN2c2ncnc(Nc3ccc(Cl)cn3)c2N)C1. The van der Waals surface area contributed by atoms with Crippen LogP contribution in [0.3, 0.4) is 0 Å². The van der Waals surface area contributed by atoms with E-state index in [0.717, 1.165) is 18.8 Å². The van der Waals surface area contributed by atoms with E-state index in [1.54, 1.807) is 24.7 Å². The molecule has 0 aromatic carbocycles. The molecule has 1 saturated heterocycles. The van der Waals surface area contributed by atoms with Crippen molar-refractivity contribution >= 4 is 34.7 Å². The third-order valence-electron chi connectivity index (χ3n) is 5.52. The Kier molecular flexibility index (Phi) is 3.99. The molecule has 6 nitrogen and oxygen atoms in total. The number of nitrogen functional groups attached to an aromatic ring is 1. The van der Waals surface area contributed by atoms with E-state index < -0.39 is 0 Å². The van der Waals surface area contributed by atoms with Gasteiger partial charge in [0.05, 0.1) is 5.02 Å². The molecular weight excluding hydrogens is 348 g/mol. The van der Waals surface area contributed by atoms with Crippen molar-refractivity contribution in [2.75, 3.05) is 22.5 Å². The van der Waals surface area contributed by atoms with Gasteiger partial charge in [-0.25, -0.2) is 15.0 Å².